The van der Waals surface area contributed by atoms with Gasteiger partial charge in [-0.1, -0.05) is 13.8 Å². The Bertz CT molecular complexity index is 306. The Morgan fingerprint density at radius 1 is 1.44 bits per heavy atom. The van der Waals surface area contributed by atoms with Gasteiger partial charge in [0.25, 0.3) is 0 Å². The quantitative estimate of drug-likeness (QED) is 0.685. The van der Waals surface area contributed by atoms with Crippen LogP contribution >= 0.6 is 0 Å². The Kier molecular flexibility index (Phi) is 5.40. The van der Waals surface area contributed by atoms with E-state index in [2.05, 4.69) is 10.6 Å². The zero-order valence-electron chi connectivity index (χ0n) is 11.1. The Balaban J connectivity index is 2.43. The number of amides is 2. The second-order valence-electron chi connectivity index (χ2n) is 5.11. The van der Waals surface area contributed by atoms with Gasteiger partial charge < -0.3 is 20.5 Å². The molecule has 0 aromatic rings. The van der Waals surface area contributed by atoms with E-state index in [0.29, 0.717) is 13.0 Å². The zero-order valence-corrected chi connectivity index (χ0v) is 11.1. The van der Waals surface area contributed by atoms with Gasteiger partial charge in [0.1, 0.15) is 6.04 Å². The van der Waals surface area contributed by atoms with Crippen molar-refractivity contribution in [2.24, 2.45) is 5.92 Å². The van der Waals surface area contributed by atoms with E-state index >= 15 is 0 Å². The molecule has 1 aliphatic heterocycles. The number of carbonyl (C=O) groups excluding carboxylic acids is 1. The first kappa shape index (κ1) is 14.8. The van der Waals surface area contributed by atoms with Gasteiger partial charge in [0.05, 0.1) is 12.1 Å². The number of aliphatic carboxylic acids is 1. The summed E-state index contributed by atoms with van der Waals surface area (Å²) in [4.78, 5) is 22.7. The van der Waals surface area contributed by atoms with Crippen molar-refractivity contribution >= 4 is 12.0 Å². The van der Waals surface area contributed by atoms with Gasteiger partial charge in [0, 0.05) is 6.61 Å². The Morgan fingerprint density at radius 2 is 2.11 bits per heavy atom. The predicted octanol–water partition coefficient (Wildman–Crippen LogP) is 0.962. The van der Waals surface area contributed by atoms with Crippen molar-refractivity contribution in [3.05, 3.63) is 0 Å². The van der Waals surface area contributed by atoms with Gasteiger partial charge in [-0.05, 0) is 25.7 Å². The number of rotatable bonds is 5. The van der Waals surface area contributed by atoms with Crippen LogP contribution in [0.2, 0.25) is 0 Å². The van der Waals surface area contributed by atoms with Crippen LogP contribution in [-0.4, -0.2) is 41.9 Å². The molecule has 1 fully saturated rings. The molecular formula is C12H22N2O4. The minimum absolute atomic E-state index is 0.0240. The first-order valence-corrected chi connectivity index (χ1v) is 6.31. The molecule has 0 saturated carbocycles. The maximum Gasteiger partial charge on any atom is 0.326 e. The standard InChI is InChI=1S/C12H22N2O4/c1-7(2)6-10(11(15)16)14-12(17)13-9-4-5-18-8(9)3/h7-10H,4-6H2,1-3H3,(H,15,16)(H2,13,14,17). The summed E-state index contributed by atoms with van der Waals surface area (Å²) in [5.74, 6) is -0.797. The molecule has 1 saturated heterocycles. The molecular weight excluding hydrogens is 236 g/mol. The van der Waals surface area contributed by atoms with Gasteiger partial charge in [0.15, 0.2) is 0 Å². The zero-order chi connectivity index (χ0) is 13.7. The fourth-order valence-electron chi connectivity index (χ4n) is 1.98. The van der Waals surface area contributed by atoms with Crippen LogP contribution in [0.15, 0.2) is 0 Å². The number of hydrogen-bond donors (Lipinski definition) is 3. The van der Waals surface area contributed by atoms with Gasteiger partial charge >= 0.3 is 12.0 Å². The summed E-state index contributed by atoms with van der Waals surface area (Å²) >= 11 is 0. The highest BCUT2D eigenvalue weighted by Gasteiger charge is 2.27. The minimum atomic E-state index is -1.01. The first-order chi connectivity index (χ1) is 8.40. The first-order valence-electron chi connectivity index (χ1n) is 6.31. The van der Waals surface area contributed by atoms with Crippen LogP contribution in [0.1, 0.15) is 33.6 Å². The molecule has 104 valence electrons. The summed E-state index contributed by atoms with van der Waals surface area (Å²) in [7, 11) is 0. The molecule has 6 heteroatoms. The Hall–Kier alpha value is -1.30. The summed E-state index contributed by atoms with van der Waals surface area (Å²) in [5, 5.41) is 14.3. The summed E-state index contributed by atoms with van der Waals surface area (Å²) in [6, 6.07) is -1.33. The van der Waals surface area contributed by atoms with E-state index in [9.17, 15) is 9.59 Å². The summed E-state index contributed by atoms with van der Waals surface area (Å²) < 4.78 is 5.32. The highest BCUT2D eigenvalue weighted by atomic mass is 16.5. The molecule has 18 heavy (non-hydrogen) atoms. The normalized spacial score (nSPS) is 24.9. The average Bonchev–Trinajstić information content (AvgIpc) is 2.62. The highest BCUT2D eigenvalue weighted by Crippen LogP contribution is 2.12. The molecule has 0 spiro atoms. The maximum atomic E-state index is 11.7. The number of nitrogens with one attached hydrogen (secondary N) is 2. The number of carbonyl (C=O) groups is 2. The van der Waals surface area contributed by atoms with Gasteiger partial charge in [0.2, 0.25) is 0 Å². The van der Waals surface area contributed by atoms with Crippen LogP contribution in [0.3, 0.4) is 0 Å². The third-order valence-corrected chi connectivity index (χ3v) is 3.00. The van der Waals surface area contributed by atoms with E-state index in [4.69, 9.17) is 9.84 Å². The van der Waals surface area contributed by atoms with Gasteiger partial charge in [-0.3, -0.25) is 0 Å². The predicted molar refractivity (Wildman–Crippen MR) is 66.4 cm³/mol. The minimum Gasteiger partial charge on any atom is -0.480 e. The van der Waals surface area contributed by atoms with E-state index < -0.39 is 18.0 Å². The fourth-order valence-corrected chi connectivity index (χ4v) is 1.98. The smallest absolute Gasteiger partial charge is 0.326 e. The van der Waals surface area contributed by atoms with E-state index in [1.54, 1.807) is 0 Å². The second-order valence-corrected chi connectivity index (χ2v) is 5.11. The molecule has 0 aliphatic carbocycles. The van der Waals surface area contributed by atoms with Crippen molar-refractivity contribution in [1.82, 2.24) is 10.6 Å². The Labute approximate surface area is 107 Å². The van der Waals surface area contributed by atoms with E-state index in [1.165, 1.54) is 0 Å². The molecule has 1 rings (SSSR count). The van der Waals surface area contributed by atoms with Crippen LogP contribution in [0.4, 0.5) is 4.79 Å². The molecule has 1 aliphatic rings. The van der Waals surface area contributed by atoms with Crippen LogP contribution in [-0.2, 0) is 9.53 Å². The molecule has 2 amide bonds. The fraction of sp³-hybridized carbons (Fsp3) is 0.833. The van der Waals surface area contributed by atoms with Crippen molar-refractivity contribution in [2.45, 2.75) is 51.8 Å². The lowest BCUT2D eigenvalue weighted by atomic mass is 10.0. The molecule has 3 N–H and O–H groups in total. The molecule has 0 aromatic heterocycles. The van der Waals surface area contributed by atoms with E-state index in [1.807, 2.05) is 20.8 Å². The lowest BCUT2D eigenvalue weighted by Gasteiger charge is -2.20. The van der Waals surface area contributed by atoms with Crippen molar-refractivity contribution in [1.29, 1.82) is 0 Å². The van der Waals surface area contributed by atoms with Gasteiger partial charge in [-0.2, -0.15) is 0 Å². The molecule has 1 heterocycles. The van der Waals surface area contributed by atoms with E-state index in [0.717, 1.165) is 6.42 Å². The van der Waals surface area contributed by atoms with Crippen LogP contribution < -0.4 is 10.6 Å². The van der Waals surface area contributed by atoms with Gasteiger partial charge in [-0.15, -0.1) is 0 Å². The highest BCUT2D eigenvalue weighted by molar-refractivity contribution is 5.82. The largest absolute Gasteiger partial charge is 0.480 e. The number of ether oxygens (including phenoxy) is 1. The third kappa shape index (κ3) is 4.52. The lowest BCUT2D eigenvalue weighted by molar-refractivity contribution is -0.139. The van der Waals surface area contributed by atoms with Crippen LogP contribution in [0, 0.1) is 5.92 Å². The van der Waals surface area contributed by atoms with Crippen molar-refractivity contribution in [2.75, 3.05) is 6.61 Å². The molecule has 3 unspecified atom stereocenters. The van der Waals surface area contributed by atoms with Gasteiger partial charge in [-0.25, -0.2) is 9.59 Å². The lowest BCUT2D eigenvalue weighted by Crippen LogP contribution is -2.50. The molecule has 0 radical (unpaired) electrons. The van der Waals surface area contributed by atoms with Crippen molar-refractivity contribution in [3.8, 4) is 0 Å². The molecule has 3 atom stereocenters. The maximum absolute atomic E-state index is 11.7. The van der Waals surface area contributed by atoms with Crippen molar-refractivity contribution in [3.63, 3.8) is 0 Å². The van der Waals surface area contributed by atoms with Crippen LogP contribution in [0.5, 0.6) is 0 Å². The molecule has 6 nitrogen and oxygen atoms in total. The topological polar surface area (TPSA) is 87.7 Å². The Morgan fingerprint density at radius 3 is 2.56 bits per heavy atom. The summed E-state index contributed by atoms with van der Waals surface area (Å²) in [5.41, 5.74) is 0. The SMILES string of the molecule is CC(C)CC(NC(=O)NC1CCOC1C)C(=O)O. The van der Waals surface area contributed by atoms with Crippen molar-refractivity contribution < 1.29 is 19.4 Å². The summed E-state index contributed by atoms with van der Waals surface area (Å²) in [6.07, 6.45) is 1.15. The van der Waals surface area contributed by atoms with E-state index in [-0.39, 0.29) is 18.1 Å². The third-order valence-electron chi connectivity index (χ3n) is 3.00. The number of urea groups is 1. The van der Waals surface area contributed by atoms with Crippen LogP contribution in [0.25, 0.3) is 0 Å². The second kappa shape index (κ2) is 6.58. The number of carboxylic acid groups (broad SMARTS) is 1. The average molecular weight is 258 g/mol. The monoisotopic (exact) mass is 258 g/mol. The number of hydrogen-bond acceptors (Lipinski definition) is 3. The summed E-state index contributed by atoms with van der Waals surface area (Å²) in [6.45, 7) is 6.35. The number of carboxylic acids is 1. The molecule has 0 bridgehead atoms. The molecule has 0 aromatic carbocycles.